The minimum Gasteiger partial charge on any atom is -0.380 e. The highest BCUT2D eigenvalue weighted by atomic mass is 32.2. The van der Waals surface area contributed by atoms with E-state index in [4.69, 9.17) is 4.74 Å². The maximum atomic E-state index is 12.5. The fourth-order valence-corrected chi connectivity index (χ4v) is 3.96. The molecule has 0 heterocycles. The van der Waals surface area contributed by atoms with E-state index in [-0.39, 0.29) is 12.6 Å². The number of ether oxygens (including phenoxy) is 1. The van der Waals surface area contributed by atoms with Crippen LogP contribution in [0.1, 0.15) is 34.7 Å². The normalized spacial score (nSPS) is 13.6. The standard InChI is InChI=1S/C15H25NO3S/c1-9(19-7)8-16-20(17,18)15-13(5)11(3)10(2)12(4)14(15)6/h9,16H,8H2,1-7H3. The van der Waals surface area contributed by atoms with E-state index in [0.29, 0.717) is 4.90 Å². The van der Waals surface area contributed by atoms with Crippen molar-refractivity contribution in [2.45, 2.75) is 52.5 Å². The first kappa shape index (κ1) is 17.1. The van der Waals surface area contributed by atoms with Crippen LogP contribution in [-0.2, 0) is 14.8 Å². The molecule has 0 aliphatic heterocycles. The average molecular weight is 299 g/mol. The van der Waals surface area contributed by atoms with Crippen LogP contribution in [0.5, 0.6) is 0 Å². The Morgan fingerprint density at radius 1 is 0.950 bits per heavy atom. The van der Waals surface area contributed by atoms with E-state index in [2.05, 4.69) is 4.72 Å². The van der Waals surface area contributed by atoms with Gasteiger partial charge >= 0.3 is 0 Å². The second-order valence-electron chi connectivity index (χ2n) is 5.35. The van der Waals surface area contributed by atoms with Crippen molar-refractivity contribution >= 4 is 10.0 Å². The second kappa shape index (κ2) is 6.24. The zero-order valence-corrected chi connectivity index (χ0v) is 14.2. The number of hydrogen-bond acceptors (Lipinski definition) is 3. The molecule has 0 radical (unpaired) electrons. The van der Waals surface area contributed by atoms with E-state index < -0.39 is 10.0 Å². The first-order chi connectivity index (χ1) is 9.13. The molecule has 1 atom stereocenters. The van der Waals surface area contributed by atoms with Crippen molar-refractivity contribution in [1.82, 2.24) is 4.72 Å². The molecule has 1 N–H and O–H groups in total. The maximum absolute atomic E-state index is 12.5. The summed E-state index contributed by atoms with van der Waals surface area (Å²) >= 11 is 0. The third-order valence-corrected chi connectivity index (χ3v) is 5.86. The van der Waals surface area contributed by atoms with Crippen LogP contribution >= 0.6 is 0 Å². The van der Waals surface area contributed by atoms with Crippen LogP contribution in [-0.4, -0.2) is 28.2 Å². The smallest absolute Gasteiger partial charge is 0.241 e. The summed E-state index contributed by atoms with van der Waals surface area (Å²) in [7, 11) is -1.95. The van der Waals surface area contributed by atoms with Crippen molar-refractivity contribution in [2.75, 3.05) is 13.7 Å². The van der Waals surface area contributed by atoms with Gasteiger partial charge in [-0.3, -0.25) is 0 Å². The van der Waals surface area contributed by atoms with Gasteiger partial charge in [0.25, 0.3) is 0 Å². The maximum Gasteiger partial charge on any atom is 0.241 e. The Labute approximate surface area is 122 Å². The molecule has 0 saturated carbocycles. The lowest BCUT2D eigenvalue weighted by atomic mass is 9.95. The van der Waals surface area contributed by atoms with Gasteiger partial charge in [-0.05, 0) is 69.4 Å². The predicted molar refractivity (Wildman–Crippen MR) is 81.8 cm³/mol. The summed E-state index contributed by atoms with van der Waals surface area (Å²) in [6.45, 7) is 11.8. The number of nitrogens with one attached hydrogen (secondary N) is 1. The summed E-state index contributed by atoms with van der Waals surface area (Å²) in [6.07, 6.45) is -0.155. The van der Waals surface area contributed by atoms with Crippen LogP contribution in [0.3, 0.4) is 0 Å². The van der Waals surface area contributed by atoms with Crippen molar-refractivity contribution < 1.29 is 13.2 Å². The highest BCUT2D eigenvalue weighted by molar-refractivity contribution is 7.89. The van der Waals surface area contributed by atoms with Gasteiger partial charge in [0.15, 0.2) is 0 Å². The van der Waals surface area contributed by atoms with Gasteiger partial charge in [-0.15, -0.1) is 0 Å². The molecule has 0 aliphatic rings. The molecular weight excluding hydrogens is 274 g/mol. The second-order valence-corrected chi connectivity index (χ2v) is 7.06. The van der Waals surface area contributed by atoms with E-state index in [0.717, 1.165) is 27.8 Å². The summed E-state index contributed by atoms with van der Waals surface area (Å²) in [4.78, 5) is 0.404. The Morgan fingerprint density at radius 2 is 1.35 bits per heavy atom. The minimum atomic E-state index is -3.52. The molecule has 114 valence electrons. The quantitative estimate of drug-likeness (QED) is 0.909. The molecule has 4 nitrogen and oxygen atoms in total. The molecule has 5 heteroatoms. The topological polar surface area (TPSA) is 55.4 Å². The summed E-state index contributed by atoms with van der Waals surface area (Å²) < 4.78 is 32.8. The third-order valence-electron chi connectivity index (χ3n) is 4.16. The molecular formula is C15H25NO3S. The lowest BCUT2D eigenvalue weighted by Crippen LogP contribution is -2.32. The summed E-state index contributed by atoms with van der Waals surface area (Å²) in [6, 6.07) is 0. The number of sulfonamides is 1. The van der Waals surface area contributed by atoms with Crippen LogP contribution in [0.25, 0.3) is 0 Å². The van der Waals surface area contributed by atoms with E-state index in [1.54, 1.807) is 7.11 Å². The van der Waals surface area contributed by atoms with Crippen LogP contribution in [0.4, 0.5) is 0 Å². The number of benzene rings is 1. The Morgan fingerprint density at radius 3 is 1.75 bits per heavy atom. The van der Waals surface area contributed by atoms with Crippen molar-refractivity contribution in [3.8, 4) is 0 Å². The van der Waals surface area contributed by atoms with E-state index >= 15 is 0 Å². The zero-order chi connectivity index (χ0) is 15.7. The zero-order valence-electron chi connectivity index (χ0n) is 13.4. The molecule has 0 aliphatic carbocycles. The Balaban J connectivity index is 3.33. The first-order valence-electron chi connectivity index (χ1n) is 6.72. The van der Waals surface area contributed by atoms with Crippen LogP contribution in [0.2, 0.25) is 0 Å². The van der Waals surface area contributed by atoms with Gasteiger partial charge in [0.1, 0.15) is 0 Å². The Hall–Kier alpha value is -0.910. The molecule has 0 fully saturated rings. The predicted octanol–water partition coefficient (Wildman–Crippen LogP) is 2.54. The number of methoxy groups -OCH3 is 1. The molecule has 1 aromatic rings. The van der Waals surface area contributed by atoms with Crippen LogP contribution in [0, 0.1) is 34.6 Å². The molecule has 1 rings (SSSR count). The molecule has 20 heavy (non-hydrogen) atoms. The number of rotatable bonds is 5. The van der Waals surface area contributed by atoms with E-state index in [1.807, 2.05) is 41.5 Å². The molecule has 0 bridgehead atoms. The molecule has 1 aromatic carbocycles. The van der Waals surface area contributed by atoms with E-state index in [9.17, 15) is 8.42 Å². The Kier molecular flexibility index (Phi) is 5.35. The van der Waals surface area contributed by atoms with Gasteiger partial charge < -0.3 is 4.74 Å². The van der Waals surface area contributed by atoms with Crippen molar-refractivity contribution in [2.24, 2.45) is 0 Å². The fourth-order valence-electron chi connectivity index (χ4n) is 2.25. The largest absolute Gasteiger partial charge is 0.380 e. The molecule has 0 saturated heterocycles. The van der Waals surface area contributed by atoms with Gasteiger partial charge in [-0.2, -0.15) is 0 Å². The van der Waals surface area contributed by atoms with E-state index in [1.165, 1.54) is 0 Å². The lowest BCUT2D eigenvalue weighted by Gasteiger charge is -2.19. The molecule has 0 amide bonds. The highest BCUT2D eigenvalue weighted by Gasteiger charge is 2.23. The van der Waals surface area contributed by atoms with Gasteiger partial charge in [-0.25, -0.2) is 13.1 Å². The van der Waals surface area contributed by atoms with Crippen molar-refractivity contribution in [3.05, 3.63) is 27.8 Å². The van der Waals surface area contributed by atoms with Gasteiger partial charge in [0, 0.05) is 13.7 Å². The van der Waals surface area contributed by atoms with Gasteiger partial charge in [-0.1, -0.05) is 0 Å². The highest BCUT2D eigenvalue weighted by Crippen LogP contribution is 2.29. The molecule has 0 spiro atoms. The molecule has 0 aromatic heterocycles. The van der Waals surface area contributed by atoms with Crippen LogP contribution in [0.15, 0.2) is 4.90 Å². The average Bonchev–Trinajstić information content (AvgIpc) is 2.40. The van der Waals surface area contributed by atoms with Gasteiger partial charge in [0.2, 0.25) is 10.0 Å². The minimum absolute atomic E-state index is 0.155. The molecule has 1 unspecified atom stereocenters. The fraction of sp³-hybridized carbons (Fsp3) is 0.600. The summed E-state index contributed by atoms with van der Waals surface area (Å²) in [5.41, 5.74) is 4.87. The lowest BCUT2D eigenvalue weighted by molar-refractivity contribution is 0.122. The summed E-state index contributed by atoms with van der Waals surface area (Å²) in [5.74, 6) is 0. The summed E-state index contributed by atoms with van der Waals surface area (Å²) in [5, 5.41) is 0. The third kappa shape index (κ3) is 3.22. The van der Waals surface area contributed by atoms with Crippen LogP contribution < -0.4 is 4.72 Å². The van der Waals surface area contributed by atoms with Crippen molar-refractivity contribution in [1.29, 1.82) is 0 Å². The van der Waals surface area contributed by atoms with Crippen molar-refractivity contribution in [3.63, 3.8) is 0 Å². The number of hydrogen-bond donors (Lipinski definition) is 1. The van der Waals surface area contributed by atoms with Gasteiger partial charge in [0.05, 0.1) is 11.0 Å². The monoisotopic (exact) mass is 299 g/mol. The first-order valence-corrected chi connectivity index (χ1v) is 8.21. The Bertz CT molecular complexity index is 577. The SMILES string of the molecule is COC(C)CNS(=O)(=O)c1c(C)c(C)c(C)c(C)c1C.